The van der Waals surface area contributed by atoms with Crippen molar-refractivity contribution in [3.63, 3.8) is 0 Å². The predicted molar refractivity (Wildman–Crippen MR) is 52.6 cm³/mol. The van der Waals surface area contributed by atoms with Crippen molar-refractivity contribution in [1.82, 2.24) is 0 Å². The number of hydrogen-bond acceptors (Lipinski definition) is 3. The van der Waals surface area contributed by atoms with E-state index in [0.717, 1.165) is 12.3 Å². The van der Waals surface area contributed by atoms with Gasteiger partial charge in [0.1, 0.15) is 10.7 Å². The van der Waals surface area contributed by atoms with E-state index >= 15 is 0 Å². The van der Waals surface area contributed by atoms with E-state index < -0.39 is 21.3 Å². The lowest BCUT2D eigenvalue weighted by atomic mass is 10.1. The summed E-state index contributed by atoms with van der Waals surface area (Å²) in [6.07, 6.45) is 2.15. The van der Waals surface area contributed by atoms with E-state index in [2.05, 4.69) is 0 Å². The SMILES string of the molecule is CS(=O)(=O)c1cc(C2(O)CC2)ccc1F. The van der Waals surface area contributed by atoms with Crippen LogP contribution in [0.4, 0.5) is 4.39 Å². The number of benzene rings is 1. The normalized spacial score (nSPS) is 18.9. The van der Waals surface area contributed by atoms with Crippen LogP contribution in [0.3, 0.4) is 0 Å². The van der Waals surface area contributed by atoms with Crippen LogP contribution in [0.15, 0.2) is 23.1 Å². The Balaban J connectivity index is 2.56. The zero-order valence-electron chi connectivity index (χ0n) is 8.20. The van der Waals surface area contributed by atoms with Crippen molar-refractivity contribution in [2.24, 2.45) is 0 Å². The van der Waals surface area contributed by atoms with E-state index in [1.165, 1.54) is 12.1 Å². The van der Waals surface area contributed by atoms with E-state index in [1.807, 2.05) is 0 Å². The molecular weight excluding hydrogens is 219 g/mol. The Kier molecular flexibility index (Phi) is 2.13. The Hall–Kier alpha value is -0.940. The summed E-state index contributed by atoms with van der Waals surface area (Å²) < 4.78 is 35.7. The first-order valence-corrected chi connectivity index (χ1v) is 6.44. The Morgan fingerprint density at radius 1 is 1.40 bits per heavy atom. The highest BCUT2D eigenvalue weighted by atomic mass is 32.2. The lowest BCUT2D eigenvalue weighted by molar-refractivity contribution is 0.151. The van der Waals surface area contributed by atoms with Crippen LogP contribution in [-0.2, 0) is 15.4 Å². The van der Waals surface area contributed by atoms with Crippen molar-refractivity contribution in [2.45, 2.75) is 23.3 Å². The molecule has 3 nitrogen and oxygen atoms in total. The van der Waals surface area contributed by atoms with Crippen LogP contribution in [-0.4, -0.2) is 19.8 Å². The molecule has 0 aliphatic heterocycles. The molecule has 1 N–H and O–H groups in total. The minimum absolute atomic E-state index is 0.347. The van der Waals surface area contributed by atoms with Gasteiger partial charge in [0, 0.05) is 6.26 Å². The van der Waals surface area contributed by atoms with Crippen LogP contribution >= 0.6 is 0 Å². The highest BCUT2D eigenvalue weighted by Crippen LogP contribution is 2.45. The summed E-state index contributed by atoms with van der Waals surface area (Å²) in [7, 11) is -3.57. The third-order valence-corrected chi connectivity index (χ3v) is 3.70. The Bertz CT molecular complexity index is 503. The summed E-state index contributed by atoms with van der Waals surface area (Å²) in [5.41, 5.74) is -0.461. The molecule has 1 aromatic carbocycles. The second-order valence-electron chi connectivity index (χ2n) is 3.95. The molecule has 82 valence electrons. The van der Waals surface area contributed by atoms with E-state index in [4.69, 9.17) is 0 Å². The van der Waals surface area contributed by atoms with Gasteiger partial charge in [-0.15, -0.1) is 0 Å². The first-order valence-electron chi connectivity index (χ1n) is 4.55. The minimum atomic E-state index is -3.57. The highest BCUT2D eigenvalue weighted by molar-refractivity contribution is 7.90. The topological polar surface area (TPSA) is 54.4 Å². The molecule has 5 heteroatoms. The molecule has 1 aliphatic carbocycles. The van der Waals surface area contributed by atoms with Crippen LogP contribution in [0, 0.1) is 5.82 Å². The van der Waals surface area contributed by atoms with Crippen LogP contribution < -0.4 is 0 Å². The molecule has 0 radical (unpaired) electrons. The molecular formula is C10H11FO3S. The zero-order chi connectivity index (χ0) is 11.3. The van der Waals surface area contributed by atoms with Crippen LogP contribution in [0.5, 0.6) is 0 Å². The van der Waals surface area contributed by atoms with Crippen LogP contribution in [0.25, 0.3) is 0 Å². The third-order valence-electron chi connectivity index (χ3n) is 2.59. The third kappa shape index (κ3) is 1.89. The van der Waals surface area contributed by atoms with Gasteiger partial charge in [-0.05, 0) is 30.5 Å². The molecule has 0 spiro atoms. The van der Waals surface area contributed by atoms with Crippen molar-refractivity contribution in [3.05, 3.63) is 29.6 Å². The minimum Gasteiger partial charge on any atom is -0.385 e. The summed E-state index contributed by atoms with van der Waals surface area (Å²) in [6, 6.07) is 3.73. The van der Waals surface area contributed by atoms with Gasteiger partial charge in [0.25, 0.3) is 0 Å². The molecule has 0 unspecified atom stereocenters. The molecule has 1 saturated carbocycles. The largest absolute Gasteiger partial charge is 0.385 e. The van der Waals surface area contributed by atoms with Crippen molar-refractivity contribution < 1.29 is 17.9 Å². The van der Waals surface area contributed by atoms with Crippen LogP contribution in [0.1, 0.15) is 18.4 Å². The van der Waals surface area contributed by atoms with Gasteiger partial charge in [0.2, 0.25) is 0 Å². The monoisotopic (exact) mass is 230 g/mol. The molecule has 0 amide bonds. The van der Waals surface area contributed by atoms with Gasteiger partial charge < -0.3 is 5.11 Å². The Labute approximate surface area is 87.5 Å². The molecule has 15 heavy (non-hydrogen) atoms. The highest BCUT2D eigenvalue weighted by Gasteiger charge is 2.42. The lowest BCUT2D eigenvalue weighted by Gasteiger charge is -2.09. The molecule has 0 bridgehead atoms. The molecule has 0 heterocycles. The average molecular weight is 230 g/mol. The summed E-state index contributed by atoms with van der Waals surface area (Å²) in [4.78, 5) is -0.347. The fourth-order valence-corrected chi connectivity index (χ4v) is 2.25. The van der Waals surface area contributed by atoms with Gasteiger partial charge in [-0.2, -0.15) is 0 Å². The fraction of sp³-hybridized carbons (Fsp3) is 0.400. The molecule has 1 fully saturated rings. The predicted octanol–water partition coefficient (Wildman–Crippen LogP) is 1.21. The molecule has 0 atom stereocenters. The van der Waals surface area contributed by atoms with Crippen molar-refractivity contribution in [2.75, 3.05) is 6.26 Å². The molecule has 0 saturated heterocycles. The van der Waals surface area contributed by atoms with E-state index in [-0.39, 0.29) is 4.90 Å². The molecule has 1 aliphatic rings. The first kappa shape index (κ1) is 10.6. The standard InChI is InChI=1S/C10H11FO3S/c1-15(13,14)9-6-7(2-3-8(9)11)10(12)4-5-10/h2-3,6,12H,4-5H2,1H3. The molecule has 1 aromatic rings. The van der Waals surface area contributed by atoms with E-state index in [9.17, 15) is 17.9 Å². The summed E-state index contributed by atoms with van der Waals surface area (Å²) in [5, 5.41) is 9.76. The van der Waals surface area contributed by atoms with Gasteiger partial charge in [-0.25, -0.2) is 12.8 Å². The van der Waals surface area contributed by atoms with E-state index in [0.29, 0.717) is 18.4 Å². The number of hydrogen-bond donors (Lipinski definition) is 1. The summed E-state index contributed by atoms with van der Waals surface area (Å²) in [5.74, 6) is -0.773. The Morgan fingerprint density at radius 2 is 2.00 bits per heavy atom. The first-order chi connectivity index (χ1) is 6.83. The maximum absolute atomic E-state index is 13.2. The number of aliphatic hydroxyl groups is 1. The second kappa shape index (κ2) is 3.02. The summed E-state index contributed by atoms with van der Waals surface area (Å²) in [6.45, 7) is 0. The van der Waals surface area contributed by atoms with Crippen molar-refractivity contribution >= 4 is 9.84 Å². The average Bonchev–Trinajstić information content (AvgIpc) is 2.83. The van der Waals surface area contributed by atoms with Gasteiger partial charge in [-0.3, -0.25) is 0 Å². The quantitative estimate of drug-likeness (QED) is 0.830. The fourth-order valence-electron chi connectivity index (χ4n) is 1.48. The number of rotatable bonds is 2. The van der Waals surface area contributed by atoms with Gasteiger partial charge in [-0.1, -0.05) is 6.07 Å². The van der Waals surface area contributed by atoms with Crippen LogP contribution in [0.2, 0.25) is 0 Å². The van der Waals surface area contributed by atoms with Gasteiger partial charge >= 0.3 is 0 Å². The van der Waals surface area contributed by atoms with Gasteiger partial charge in [0.05, 0.1) is 5.60 Å². The lowest BCUT2D eigenvalue weighted by Crippen LogP contribution is -2.08. The van der Waals surface area contributed by atoms with E-state index in [1.54, 1.807) is 0 Å². The Morgan fingerprint density at radius 3 is 2.47 bits per heavy atom. The number of sulfone groups is 1. The molecule has 0 aromatic heterocycles. The number of halogens is 1. The zero-order valence-corrected chi connectivity index (χ0v) is 9.01. The second-order valence-corrected chi connectivity index (χ2v) is 5.93. The summed E-state index contributed by atoms with van der Waals surface area (Å²) >= 11 is 0. The maximum atomic E-state index is 13.2. The smallest absolute Gasteiger partial charge is 0.178 e. The van der Waals surface area contributed by atoms with Gasteiger partial charge in [0.15, 0.2) is 9.84 Å². The van der Waals surface area contributed by atoms with Crippen molar-refractivity contribution in [3.8, 4) is 0 Å². The van der Waals surface area contributed by atoms with Crippen molar-refractivity contribution in [1.29, 1.82) is 0 Å². The molecule has 2 rings (SSSR count). The maximum Gasteiger partial charge on any atom is 0.178 e.